The normalized spacial score (nSPS) is 18.0. The third-order valence-corrected chi connectivity index (χ3v) is 4.40. The van der Waals surface area contributed by atoms with Crippen LogP contribution in [0.25, 0.3) is 0 Å². The molecule has 1 aromatic carbocycles. The lowest BCUT2D eigenvalue weighted by atomic mass is 10.1. The molecule has 0 radical (unpaired) electrons. The van der Waals surface area contributed by atoms with E-state index in [1.54, 1.807) is 0 Å². The van der Waals surface area contributed by atoms with Crippen LogP contribution in [-0.4, -0.2) is 65.6 Å². The van der Waals surface area contributed by atoms with Crippen LogP contribution >= 0.6 is 11.8 Å². The molecule has 0 saturated carbocycles. The van der Waals surface area contributed by atoms with E-state index in [4.69, 9.17) is 5.11 Å². The second kappa shape index (κ2) is 6.77. The Labute approximate surface area is 136 Å². The fourth-order valence-corrected chi connectivity index (χ4v) is 3.02. The summed E-state index contributed by atoms with van der Waals surface area (Å²) in [6.45, 7) is -0.674. The topological polar surface area (TPSA) is 124 Å². The average Bonchev–Trinajstić information content (AvgIpc) is 3.03. The van der Waals surface area contributed by atoms with Crippen LogP contribution in [0.1, 0.15) is 17.5 Å². The Kier molecular flexibility index (Phi) is 4.74. The van der Waals surface area contributed by atoms with Gasteiger partial charge < -0.3 is 20.4 Å². The number of hydrogen-bond donors (Lipinski definition) is 4. The number of fused-ring (bicyclic) bond motifs is 1. The van der Waals surface area contributed by atoms with E-state index in [1.165, 1.54) is 16.4 Å². The molecule has 2 heterocycles. The summed E-state index contributed by atoms with van der Waals surface area (Å²) >= 11 is 1.41. The van der Waals surface area contributed by atoms with E-state index in [9.17, 15) is 15.3 Å². The highest BCUT2D eigenvalue weighted by Gasteiger charge is 2.32. The molecular formula is C14H16N4O4S. The predicted octanol–water partition coefficient (Wildman–Crippen LogP) is -0.616. The monoisotopic (exact) mass is 336 g/mol. The lowest BCUT2D eigenvalue weighted by Gasteiger charge is -2.21. The molecule has 4 N–H and O–H groups in total. The number of aliphatic hydroxyl groups excluding tert-OH is 4. The third kappa shape index (κ3) is 3.14. The first-order valence-electron chi connectivity index (χ1n) is 6.98. The Hall–Kier alpha value is -1.78. The summed E-state index contributed by atoms with van der Waals surface area (Å²) in [4.78, 5) is 0. The molecule has 1 aliphatic heterocycles. The quantitative estimate of drug-likeness (QED) is 0.574. The van der Waals surface area contributed by atoms with E-state index in [0.29, 0.717) is 10.9 Å². The van der Waals surface area contributed by atoms with Crippen molar-refractivity contribution in [2.24, 2.45) is 5.10 Å². The lowest BCUT2D eigenvalue weighted by molar-refractivity contribution is -0.0813. The molecule has 9 heteroatoms. The predicted molar refractivity (Wildman–Crippen MR) is 83.2 cm³/mol. The fourth-order valence-electron chi connectivity index (χ4n) is 2.17. The summed E-state index contributed by atoms with van der Waals surface area (Å²) in [5.74, 6) is 0.626. The van der Waals surface area contributed by atoms with Gasteiger partial charge in [-0.3, -0.25) is 0 Å². The number of nitrogens with zero attached hydrogens (tertiary/aromatic N) is 4. The zero-order valence-corrected chi connectivity index (χ0v) is 12.8. The largest absolute Gasteiger partial charge is 0.394 e. The maximum atomic E-state index is 10.2. The first kappa shape index (κ1) is 16.1. The Morgan fingerprint density at radius 2 is 1.87 bits per heavy atom. The molecule has 0 amide bonds. The molecule has 1 aliphatic rings. The van der Waals surface area contributed by atoms with Crippen molar-refractivity contribution in [3.8, 4) is 0 Å². The van der Waals surface area contributed by atoms with Gasteiger partial charge in [0.15, 0.2) is 5.82 Å². The van der Waals surface area contributed by atoms with E-state index in [1.807, 2.05) is 30.3 Å². The molecular weight excluding hydrogens is 320 g/mol. The number of aliphatic hydroxyl groups is 4. The van der Waals surface area contributed by atoms with E-state index in [-0.39, 0.29) is 5.82 Å². The van der Waals surface area contributed by atoms with Gasteiger partial charge in [0.25, 0.3) is 0 Å². The number of rotatable bonds is 5. The van der Waals surface area contributed by atoms with Crippen molar-refractivity contribution in [2.75, 3.05) is 12.4 Å². The average molecular weight is 336 g/mol. The van der Waals surface area contributed by atoms with Crippen molar-refractivity contribution >= 4 is 17.5 Å². The van der Waals surface area contributed by atoms with Crippen LogP contribution in [0.4, 0.5) is 0 Å². The van der Waals surface area contributed by atoms with Crippen LogP contribution in [-0.2, 0) is 0 Å². The molecule has 3 rings (SSSR count). The van der Waals surface area contributed by atoms with Gasteiger partial charge in [-0.25, -0.2) is 0 Å². The minimum atomic E-state index is -1.59. The molecule has 0 unspecified atom stereocenters. The zero-order chi connectivity index (χ0) is 16.4. The first-order chi connectivity index (χ1) is 11.1. The Morgan fingerprint density at radius 1 is 1.13 bits per heavy atom. The van der Waals surface area contributed by atoms with Gasteiger partial charge in [0.2, 0.25) is 5.16 Å². The maximum Gasteiger partial charge on any atom is 0.212 e. The Morgan fingerprint density at radius 3 is 2.57 bits per heavy atom. The highest BCUT2D eigenvalue weighted by Crippen LogP contribution is 2.27. The summed E-state index contributed by atoms with van der Waals surface area (Å²) < 4.78 is 1.36. The van der Waals surface area contributed by atoms with E-state index in [2.05, 4.69) is 15.3 Å². The van der Waals surface area contributed by atoms with Crippen molar-refractivity contribution in [1.82, 2.24) is 14.9 Å². The number of benzene rings is 1. The van der Waals surface area contributed by atoms with Crippen LogP contribution in [0.15, 0.2) is 40.6 Å². The summed E-state index contributed by atoms with van der Waals surface area (Å²) in [6, 6.07) is 9.57. The number of aromatic nitrogens is 3. The molecule has 0 spiro atoms. The van der Waals surface area contributed by atoms with E-state index >= 15 is 0 Å². The van der Waals surface area contributed by atoms with Crippen molar-refractivity contribution < 1.29 is 20.4 Å². The second-order valence-corrected chi connectivity index (χ2v) is 5.98. The molecule has 8 nitrogen and oxygen atoms in total. The Balaban J connectivity index is 1.94. The minimum absolute atomic E-state index is 0.0145. The van der Waals surface area contributed by atoms with Gasteiger partial charge in [-0.05, 0) is 5.56 Å². The van der Waals surface area contributed by atoms with Crippen LogP contribution in [0.2, 0.25) is 0 Å². The lowest BCUT2D eigenvalue weighted by Crippen LogP contribution is -2.36. The standard InChI is InChI=1S/C14H16N4O4S/c19-6-10(20)11(21)12(22)13-15-16-14-18(13)17-9(7-23-14)8-4-2-1-3-5-8/h1-5,10-12,19-22H,6-7H2/t10-,11-,12-/m1/s1. The minimum Gasteiger partial charge on any atom is -0.394 e. The third-order valence-electron chi connectivity index (χ3n) is 3.47. The van der Waals surface area contributed by atoms with Crippen molar-refractivity contribution in [3.05, 3.63) is 41.7 Å². The van der Waals surface area contributed by atoms with Crippen molar-refractivity contribution in [1.29, 1.82) is 0 Å². The number of hydrogen-bond acceptors (Lipinski definition) is 8. The second-order valence-electron chi connectivity index (χ2n) is 5.04. The molecule has 0 fully saturated rings. The van der Waals surface area contributed by atoms with E-state index in [0.717, 1.165) is 11.3 Å². The highest BCUT2D eigenvalue weighted by molar-refractivity contribution is 7.99. The highest BCUT2D eigenvalue weighted by atomic mass is 32.2. The van der Waals surface area contributed by atoms with Gasteiger partial charge in [-0.1, -0.05) is 42.1 Å². The molecule has 0 saturated heterocycles. The van der Waals surface area contributed by atoms with Crippen molar-refractivity contribution in [3.63, 3.8) is 0 Å². The van der Waals surface area contributed by atoms with Gasteiger partial charge >= 0.3 is 0 Å². The SMILES string of the molecule is OC[C@@H](O)[C@@H](O)[C@@H](O)c1nnc2n1N=C(c1ccccc1)CS2. The van der Waals surface area contributed by atoms with Crippen LogP contribution in [0.5, 0.6) is 0 Å². The van der Waals surface area contributed by atoms with Gasteiger partial charge in [0, 0.05) is 5.75 Å². The Bertz CT molecular complexity index is 706. The molecule has 122 valence electrons. The first-order valence-corrected chi connectivity index (χ1v) is 7.97. The maximum absolute atomic E-state index is 10.2. The van der Waals surface area contributed by atoms with Crippen LogP contribution in [0, 0.1) is 0 Å². The zero-order valence-electron chi connectivity index (χ0n) is 12.0. The summed E-state index contributed by atoms with van der Waals surface area (Å²) in [5.41, 5.74) is 1.73. The molecule has 2 aromatic rings. The smallest absolute Gasteiger partial charge is 0.212 e. The number of thioether (sulfide) groups is 1. The van der Waals surface area contributed by atoms with Gasteiger partial charge in [-0.2, -0.15) is 9.78 Å². The van der Waals surface area contributed by atoms with Crippen LogP contribution in [0.3, 0.4) is 0 Å². The van der Waals surface area contributed by atoms with Crippen LogP contribution < -0.4 is 0 Å². The van der Waals surface area contributed by atoms with Crippen molar-refractivity contribution in [2.45, 2.75) is 23.5 Å². The van der Waals surface area contributed by atoms with Gasteiger partial charge in [-0.15, -0.1) is 10.2 Å². The van der Waals surface area contributed by atoms with Gasteiger partial charge in [0.05, 0.1) is 12.3 Å². The molecule has 0 aliphatic carbocycles. The van der Waals surface area contributed by atoms with Gasteiger partial charge in [0.1, 0.15) is 18.3 Å². The molecule has 1 aromatic heterocycles. The molecule has 0 bridgehead atoms. The van der Waals surface area contributed by atoms with E-state index < -0.39 is 24.9 Å². The molecule has 23 heavy (non-hydrogen) atoms. The summed E-state index contributed by atoms with van der Waals surface area (Å²) in [7, 11) is 0. The summed E-state index contributed by atoms with van der Waals surface area (Å²) in [5, 5.41) is 51.1. The summed E-state index contributed by atoms with van der Waals surface area (Å²) in [6.07, 6.45) is -4.58. The molecule has 3 atom stereocenters. The fraction of sp³-hybridized carbons (Fsp3) is 0.357.